The summed E-state index contributed by atoms with van der Waals surface area (Å²) in [5.74, 6) is -1.47. The molecule has 3 rings (SSSR count). The van der Waals surface area contributed by atoms with Crippen molar-refractivity contribution >= 4 is 17.6 Å². The lowest BCUT2D eigenvalue weighted by molar-refractivity contribution is -0.139. The van der Waals surface area contributed by atoms with E-state index in [0.29, 0.717) is 17.7 Å². The van der Waals surface area contributed by atoms with Gasteiger partial charge in [-0.15, -0.1) is 0 Å². The molecule has 0 fully saturated rings. The molecule has 0 aliphatic carbocycles. The van der Waals surface area contributed by atoms with E-state index in [4.69, 9.17) is 5.73 Å². The number of nitrogens with one attached hydrogen (secondary N) is 1. The first-order chi connectivity index (χ1) is 13.5. The monoisotopic (exact) mass is 374 g/mol. The average molecular weight is 374 g/mol. The maximum Gasteiger partial charge on any atom is 0.326 e. The molecule has 142 valence electrons. The molecule has 3 aromatic rings. The lowest BCUT2D eigenvalue weighted by Gasteiger charge is -2.16. The first-order valence-corrected chi connectivity index (χ1v) is 9.03. The SMILES string of the molecule is Nc1ccc(CC(NC(=O)c2ccccc2Cc2ccccc2)C(=O)O)cc1. The summed E-state index contributed by atoms with van der Waals surface area (Å²) >= 11 is 0. The molecular formula is C23H22N2O3. The summed E-state index contributed by atoms with van der Waals surface area (Å²) in [6, 6.07) is 23.0. The zero-order valence-corrected chi connectivity index (χ0v) is 15.3. The van der Waals surface area contributed by atoms with Gasteiger partial charge in [-0.3, -0.25) is 4.79 Å². The van der Waals surface area contributed by atoms with Crippen LogP contribution in [0.5, 0.6) is 0 Å². The van der Waals surface area contributed by atoms with Gasteiger partial charge in [-0.25, -0.2) is 4.79 Å². The van der Waals surface area contributed by atoms with Crippen LogP contribution in [-0.2, 0) is 17.6 Å². The van der Waals surface area contributed by atoms with Gasteiger partial charge in [0.15, 0.2) is 0 Å². The zero-order chi connectivity index (χ0) is 19.9. The number of amides is 1. The van der Waals surface area contributed by atoms with Crippen molar-refractivity contribution in [2.24, 2.45) is 0 Å². The van der Waals surface area contributed by atoms with Gasteiger partial charge < -0.3 is 16.2 Å². The van der Waals surface area contributed by atoms with Gasteiger partial charge in [-0.1, -0.05) is 60.7 Å². The molecule has 0 radical (unpaired) electrons. The van der Waals surface area contributed by atoms with Crippen LogP contribution in [0.25, 0.3) is 0 Å². The van der Waals surface area contributed by atoms with Crippen molar-refractivity contribution in [2.75, 3.05) is 5.73 Å². The molecule has 1 amide bonds. The Hall–Kier alpha value is -3.60. The van der Waals surface area contributed by atoms with Crippen LogP contribution >= 0.6 is 0 Å². The molecule has 0 saturated carbocycles. The summed E-state index contributed by atoms with van der Waals surface area (Å²) in [5.41, 5.74) is 9.48. The van der Waals surface area contributed by atoms with Crippen molar-refractivity contribution in [3.05, 3.63) is 101 Å². The molecule has 0 aliphatic heterocycles. The topological polar surface area (TPSA) is 92.4 Å². The highest BCUT2D eigenvalue weighted by atomic mass is 16.4. The Kier molecular flexibility index (Phi) is 6.07. The molecule has 5 nitrogen and oxygen atoms in total. The number of carbonyl (C=O) groups is 2. The molecule has 3 aromatic carbocycles. The van der Waals surface area contributed by atoms with Gasteiger partial charge in [0.25, 0.3) is 5.91 Å². The van der Waals surface area contributed by atoms with Crippen LogP contribution in [0.4, 0.5) is 5.69 Å². The number of carboxylic acid groups (broad SMARTS) is 1. The number of anilines is 1. The minimum absolute atomic E-state index is 0.183. The summed E-state index contributed by atoms with van der Waals surface area (Å²) in [7, 11) is 0. The Balaban J connectivity index is 1.77. The van der Waals surface area contributed by atoms with E-state index in [2.05, 4.69) is 5.32 Å². The second-order valence-corrected chi connectivity index (χ2v) is 6.63. The number of nitrogen functional groups attached to an aromatic ring is 1. The lowest BCUT2D eigenvalue weighted by atomic mass is 9.98. The second kappa shape index (κ2) is 8.86. The summed E-state index contributed by atoms with van der Waals surface area (Å²) in [5, 5.41) is 12.2. The fourth-order valence-corrected chi connectivity index (χ4v) is 3.04. The first-order valence-electron chi connectivity index (χ1n) is 9.03. The number of carboxylic acids is 1. The molecule has 0 aliphatic rings. The van der Waals surface area contributed by atoms with Gasteiger partial charge >= 0.3 is 5.97 Å². The second-order valence-electron chi connectivity index (χ2n) is 6.63. The van der Waals surface area contributed by atoms with Gasteiger partial charge in [0.05, 0.1) is 0 Å². The van der Waals surface area contributed by atoms with Crippen molar-refractivity contribution in [3.8, 4) is 0 Å². The molecular weight excluding hydrogens is 352 g/mol. The number of aliphatic carboxylic acids is 1. The van der Waals surface area contributed by atoms with E-state index in [1.165, 1.54) is 0 Å². The molecule has 28 heavy (non-hydrogen) atoms. The molecule has 1 atom stereocenters. The van der Waals surface area contributed by atoms with Crippen LogP contribution in [0.1, 0.15) is 27.0 Å². The van der Waals surface area contributed by atoms with Crippen LogP contribution in [0.3, 0.4) is 0 Å². The predicted octanol–water partition coefficient (Wildman–Crippen LogP) is 3.29. The number of hydrogen-bond donors (Lipinski definition) is 3. The molecule has 0 spiro atoms. The van der Waals surface area contributed by atoms with E-state index < -0.39 is 17.9 Å². The van der Waals surface area contributed by atoms with Crippen molar-refractivity contribution in [2.45, 2.75) is 18.9 Å². The normalized spacial score (nSPS) is 11.6. The highest BCUT2D eigenvalue weighted by Gasteiger charge is 2.22. The maximum atomic E-state index is 12.8. The Bertz CT molecular complexity index is 953. The maximum absolute atomic E-state index is 12.8. The molecule has 0 heterocycles. The molecule has 1 unspecified atom stereocenters. The lowest BCUT2D eigenvalue weighted by Crippen LogP contribution is -2.42. The van der Waals surface area contributed by atoms with Gasteiger partial charge in [0.1, 0.15) is 6.04 Å². The third kappa shape index (κ3) is 4.98. The van der Waals surface area contributed by atoms with Gasteiger partial charge in [0.2, 0.25) is 0 Å². The van der Waals surface area contributed by atoms with Crippen LogP contribution in [0.15, 0.2) is 78.9 Å². The standard InChI is InChI=1S/C23H22N2O3/c24-19-12-10-17(11-13-19)15-21(23(27)28)25-22(26)20-9-5-4-8-18(20)14-16-6-2-1-3-7-16/h1-13,21H,14-15,24H2,(H,25,26)(H,27,28). The zero-order valence-electron chi connectivity index (χ0n) is 15.3. The summed E-state index contributed by atoms with van der Waals surface area (Å²) in [6.45, 7) is 0. The van der Waals surface area contributed by atoms with E-state index in [1.54, 1.807) is 36.4 Å². The predicted molar refractivity (Wildman–Crippen MR) is 109 cm³/mol. The van der Waals surface area contributed by atoms with Crippen molar-refractivity contribution in [1.82, 2.24) is 5.32 Å². The minimum Gasteiger partial charge on any atom is -0.480 e. The van der Waals surface area contributed by atoms with Crippen molar-refractivity contribution < 1.29 is 14.7 Å². The van der Waals surface area contributed by atoms with E-state index in [1.807, 2.05) is 42.5 Å². The number of hydrogen-bond acceptors (Lipinski definition) is 3. The molecule has 4 N–H and O–H groups in total. The number of carbonyl (C=O) groups excluding carboxylic acids is 1. The van der Waals surface area contributed by atoms with Crippen LogP contribution in [0, 0.1) is 0 Å². The largest absolute Gasteiger partial charge is 0.480 e. The fourth-order valence-electron chi connectivity index (χ4n) is 3.04. The Labute approximate surface area is 163 Å². The van der Waals surface area contributed by atoms with Crippen LogP contribution in [-0.4, -0.2) is 23.0 Å². The van der Waals surface area contributed by atoms with Gasteiger partial charge in [-0.05, 0) is 41.3 Å². The first kappa shape index (κ1) is 19.2. The minimum atomic E-state index is -1.08. The third-order valence-corrected chi connectivity index (χ3v) is 4.52. The van der Waals surface area contributed by atoms with Gasteiger partial charge in [0, 0.05) is 17.7 Å². The van der Waals surface area contributed by atoms with E-state index in [-0.39, 0.29) is 6.42 Å². The van der Waals surface area contributed by atoms with Crippen LogP contribution < -0.4 is 11.1 Å². The Morgan fingerprint density at radius 1 is 0.857 bits per heavy atom. The number of rotatable bonds is 7. The van der Waals surface area contributed by atoms with Crippen molar-refractivity contribution in [1.29, 1.82) is 0 Å². The van der Waals surface area contributed by atoms with E-state index in [9.17, 15) is 14.7 Å². The molecule has 0 saturated heterocycles. The highest BCUT2D eigenvalue weighted by Crippen LogP contribution is 2.15. The molecule has 0 aromatic heterocycles. The molecule has 0 bridgehead atoms. The summed E-state index contributed by atoms with van der Waals surface area (Å²) in [4.78, 5) is 24.5. The van der Waals surface area contributed by atoms with Gasteiger partial charge in [-0.2, -0.15) is 0 Å². The van der Waals surface area contributed by atoms with Crippen LogP contribution in [0.2, 0.25) is 0 Å². The highest BCUT2D eigenvalue weighted by molar-refractivity contribution is 5.98. The quantitative estimate of drug-likeness (QED) is 0.553. The summed E-state index contributed by atoms with van der Waals surface area (Å²) < 4.78 is 0. The number of nitrogens with two attached hydrogens (primary N) is 1. The van der Waals surface area contributed by atoms with E-state index in [0.717, 1.165) is 16.7 Å². The Morgan fingerprint density at radius 3 is 2.18 bits per heavy atom. The molecule has 5 heteroatoms. The average Bonchev–Trinajstić information content (AvgIpc) is 2.70. The third-order valence-electron chi connectivity index (χ3n) is 4.52. The number of benzene rings is 3. The van der Waals surface area contributed by atoms with Crippen molar-refractivity contribution in [3.63, 3.8) is 0 Å². The Morgan fingerprint density at radius 2 is 1.50 bits per heavy atom. The van der Waals surface area contributed by atoms with E-state index >= 15 is 0 Å². The smallest absolute Gasteiger partial charge is 0.326 e. The fraction of sp³-hybridized carbons (Fsp3) is 0.130. The summed E-state index contributed by atoms with van der Waals surface area (Å²) in [6.07, 6.45) is 0.780.